The number of amides is 2. The molecule has 2 saturated heterocycles. The van der Waals surface area contributed by atoms with Crippen LogP contribution in [0, 0.1) is 5.92 Å². The highest BCUT2D eigenvalue weighted by atomic mass is 16.6. The van der Waals surface area contributed by atoms with Crippen LogP contribution < -0.4 is 5.32 Å². The van der Waals surface area contributed by atoms with Gasteiger partial charge in [-0.25, -0.2) is 4.79 Å². The topological polar surface area (TPSA) is 67.9 Å². The average molecular weight is 304 g/mol. The molecule has 2 atom stereocenters. The first kappa shape index (κ1) is 14.8. The maximum Gasteiger partial charge on any atom is 0.410 e. The number of hydrogen-bond donors (Lipinski definition) is 1. The highest BCUT2D eigenvalue weighted by molar-refractivity contribution is 5.87. The number of nitrogens with zero attached hydrogens (tertiary/aromatic N) is 1. The van der Waals surface area contributed by atoms with E-state index in [2.05, 4.69) is 5.32 Å². The van der Waals surface area contributed by atoms with E-state index in [1.165, 1.54) is 4.90 Å². The van der Waals surface area contributed by atoms with Crippen molar-refractivity contribution in [2.45, 2.75) is 19.0 Å². The fourth-order valence-electron chi connectivity index (χ4n) is 2.78. The smallest absolute Gasteiger partial charge is 0.410 e. The molecule has 1 aromatic carbocycles. The monoisotopic (exact) mass is 304 g/mol. The van der Waals surface area contributed by atoms with Gasteiger partial charge in [-0.3, -0.25) is 9.69 Å². The number of carbonyl (C=O) groups is 2. The molecule has 118 valence electrons. The van der Waals surface area contributed by atoms with Gasteiger partial charge in [-0.2, -0.15) is 0 Å². The number of hydrogen-bond acceptors (Lipinski definition) is 4. The van der Waals surface area contributed by atoms with Gasteiger partial charge in [0, 0.05) is 25.6 Å². The minimum Gasteiger partial charge on any atom is -0.447 e. The van der Waals surface area contributed by atoms with Crippen molar-refractivity contribution >= 4 is 12.0 Å². The van der Waals surface area contributed by atoms with Crippen molar-refractivity contribution in [3.05, 3.63) is 35.9 Å². The molecule has 2 amide bonds. The van der Waals surface area contributed by atoms with E-state index in [0.29, 0.717) is 19.7 Å². The molecule has 1 unspecified atom stereocenters. The molecule has 0 spiro atoms. The second kappa shape index (κ2) is 6.79. The van der Waals surface area contributed by atoms with Crippen LogP contribution in [-0.4, -0.2) is 49.3 Å². The molecule has 1 aromatic rings. The van der Waals surface area contributed by atoms with Crippen molar-refractivity contribution in [1.82, 2.24) is 10.2 Å². The van der Waals surface area contributed by atoms with Gasteiger partial charge in [-0.1, -0.05) is 30.3 Å². The van der Waals surface area contributed by atoms with E-state index in [9.17, 15) is 9.59 Å². The predicted octanol–water partition coefficient (Wildman–Crippen LogP) is 1.16. The summed E-state index contributed by atoms with van der Waals surface area (Å²) in [6.45, 7) is 2.45. The number of benzene rings is 1. The third kappa shape index (κ3) is 3.39. The standard InChI is InChI=1S/C16H20N2O4/c19-15(17-8-12-4-2-1-3-5-12)14-11-22-16(20)18(14)9-13-6-7-21-10-13/h1-5,13-14H,6-11H2,(H,17,19)/t13?,14-/m0/s1. The lowest BCUT2D eigenvalue weighted by Crippen LogP contribution is -2.47. The quantitative estimate of drug-likeness (QED) is 0.886. The van der Waals surface area contributed by atoms with Gasteiger partial charge >= 0.3 is 6.09 Å². The molecule has 0 aromatic heterocycles. The highest BCUT2D eigenvalue weighted by Gasteiger charge is 2.39. The Kier molecular flexibility index (Phi) is 4.58. The molecule has 6 nitrogen and oxygen atoms in total. The zero-order chi connectivity index (χ0) is 15.4. The summed E-state index contributed by atoms with van der Waals surface area (Å²) in [6, 6.07) is 9.14. The van der Waals surface area contributed by atoms with Crippen molar-refractivity contribution in [3.8, 4) is 0 Å². The molecule has 2 fully saturated rings. The minimum absolute atomic E-state index is 0.118. The molecule has 6 heteroatoms. The summed E-state index contributed by atoms with van der Waals surface area (Å²) in [6.07, 6.45) is 0.508. The number of nitrogens with one attached hydrogen (secondary N) is 1. The molecule has 1 N–H and O–H groups in total. The van der Waals surface area contributed by atoms with Gasteiger partial charge in [0.05, 0.1) is 6.61 Å². The molecule has 0 saturated carbocycles. The van der Waals surface area contributed by atoms with Crippen LogP contribution >= 0.6 is 0 Å². The van der Waals surface area contributed by atoms with E-state index < -0.39 is 12.1 Å². The molecule has 2 aliphatic rings. The van der Waals surface area contributed by atoms with Gasteiger partial charge in [-0.15, -0.1) is 0 Å². The van der Waals surface area contributed by atoms with Crippen LogP contribution in [0.25, 0.3) is 0 Å². The van der Waals surface area contributed by atoms with E-state index in [-0.39, 0.29) is 18.4 Å². The Balaban J connectivity index is 1.56. The number of ether oxygens (including phenoxy) is 2. The number of rotatable bonds is 5. The first-order valence-corrected chi connectivity index (χ1v) is 7.57. The predicted molar refractivity (Wildman–Crippen MR) is 79.1 cm³/mol. The Morgan fingerprint density at radius 3 is 2.82 bits per heavy atom. The zero-order valence-corrected chi connectivity index (χ0v) is 12.4. The normalized spacial score (nSPS) is 24.4. The van der Waals surface area contributed by atoms with E-state index in [0.717, 1.165) is 18.6 Å². The Hall–Kier alpha value is -2.08. The van der Waals surface area contributed by atoms with Gasteiger partial charge in [-0.05, 0) is 12.0 Å². The van der Waals surface area contributed by atoms with Crippen molar-refractivity contribution in [3.63, 3.8) is 0 Å². The summed E-state index contributed by atoms with van der Waals surface area (Å²) in [7, 11) is 0. The molecule has 2 aliphatic heterocycles. The molecule has 2 heterocycles. The summed E-state index contributed by atoms with van der Waals surface area (Å²) in [5.41, 5.74) is 1.02. The van der Waals surface area contributed by atoms with Crippen LogP contribution in [0.2, 0.25) is 0 Å². The summed E-state index contributed by atoms with van der Waals surface area (Å²) in [5, 5.41) is 2.87. The fourth-order valence-corrected chi connectivity index (χ4v) is 2.78. The van der Waals surface area contributed by atoms with Gasteiger partial charge in [0.25, 0.3) is 0 Å². The van der Waals surface area contributed by atoms with Gasteiger partial charge < -0.3 is 14.8 Å². The number of cyclic esters (lactones) is 1. The van der Waals surface area contributed by atoms with E-state index in [1.54, 1.807) is 0 Å². The lowest BCUT2D eigenvalue weighted by Gasteiger charge is -2.23. The van der Waals surface area contributed by atoms with Gasteiger partial charge in [0.15, 0.2) is 0 Å². The summed E-state index contributed by atoms with van der Waals surface area (Å²) in [4.78, 5) is 25.7. The molecular formula is C16H20N2O4. The zero-order valence-electron chi connectivity index (χ0n) is 12.4. The Labute approximate surface area is 129 Å². The second-order valence-corrected chi connectivity index (χ2v) is 5.68. The van der Waals surface area contributed by atoms with Gasteiger partial charge in [0.2, 0.25) is 5.91 Å². The minimum atomic E-state index is -0.545. The third-order valence-corrected chi connectivity index (χ3v) is 4.07. The number of carbonyl (C=O) groups excluding carboxylic acids is 2. The van der Waals surface area contributed by atoms with Gasteiger partial charge in [0.1, 0.15) is 12.6 Å². The van der Waals surface area contributed by atoms with E-state index >= 15 is 0 Å². The summed E-state index contributed by atoms with van der Waals surface area (Å²) < 4.78 is 10.4. The lowest BCUT2D eigenvalue weighted by atomic mass is 10.1. The van der Waals surface area contributed by atoms with Crippen molar-refractivity contribution in [1.29, 1.82) is 0 Å². The van der Waals surface area contributed by atoms with Crippen molar-refractivity contribution < 1.29 is 19.1 Å². The Morgan fingerprint density at radius 1 is 1.27 bits per heavy atom. The lowest BCUT2D eigenvalue weighted by molar-refractivity contribution is -0.125. The fraction of sp³-hybridized carbons (Fsp3) is 0.500. The molecule has 0 bridgehead atoms. The highest BCUT2D eigenvalue weighted by Crippen LogP contribution is 2.20. The maximum absolute atomic E-state index is 12.3. The van der Waals surface area contributed by atoms with Crippen LogP contribution in [0.15, 0.2) is 30.3 Å². The largest absolute Gasteiger partial charge is 0.447 e. The second-order valence-electron chi connectivity index (χ2n) is 5.68. The molecule has 0 aliphatic carbocycles. The maximum atomic E-state index is 12.3. The first-order valence-electron chi connectivity index (χ1n) is 7.57. The average Bonchev–Trinajstić information content (AvgIpc) is 3.17. The molecular weight excluding hydrogens is 284 g/mol. The summed E-state index contributed by atoms with van der Waals surface area (Å²) in [5.74, 6) is 0.115. The SMILES string of the molecule is O=C(NCc1ccccc1)[C@@H]1COC(=O)N1CC1CCOC1. The summed E-state index contributed by atoms with van der Waals surface area (Å²) >= 11 is 0. The van der Waals surface area contributed by atoms with E-state index in [1.807, 2.05) is 30.3 Å². The Bertz CT molecular complexity index is 528. The molecule has 22 heavy (non-hydrogen) atoms. The van der Waals surface area contributed by atoms with Crippen LogP contribution in [0.1, 0.15) is 12.0 Å². The van der Waals surface area contributed by atoms with Crippen LogP contribution in [-0.2, 0) is 20.8 Å². The van der Waals surface area contributed by atoms with Crippen LogP contribution in [0.4, 0.5) is 4.79 Å². The third-order valence-electron chi connectivity index (χ3n) is 4.07. The van der Waals surface area contributed by atoms with Crippen LogP contribution in [0.3, 0.4) is 0 Å². The molecule has 0 radical (unpaired) electrons. The van der Waals surface area contributed by atoms with Crippen molar-refractivity contribution in [2.24, 2.45) is 5.92 Å². The first-order chi connectivity index (χ1) is 10.7. The molecule has 3 rings (SSSR count). The van der Waals surface area contributed by atoms with E-state index in [4.69, 9.17) is 9.47 Å². The van der Waals surface area contributed by atoms with Crippen molar-refractivity contribution in [2.75, 3.05) is 26.4 Å². The van der Waals surface area contributed by atoms with Crippen LogP contribution in [0.5, 0.6) is 0 Å². The Morgan fingerprint density at radius 2 is 2.09 bits per heavy atom.